The molecule has 10 heteroatoms. The Labute approximate surface area is 156 Å². The van der Waals surface area contributed by atoms with Crippen LogP contribution in [-0.4, -0.2) is 43.6 Å². The first-order valence-electron chi connectivity index (χ1n) is 8.02. The molecule has 140 valence electrons. The molecule has 1 aliphatic rings. The van der Waals surface area contributed by atoms with Crippen LogP contribution < -0.4 is 10.0 Å². The molecule has 2 N–H and O–H groups in total. The Morgan fingerprint density at radius 3 is 2.65 bits per heavy atom. The Balaban J connectivity index is 1.72. The summed E-state index contributed by atoms with van der Waals surface area (Å²) >= 11 is 6.00. The first kappa shape index (κ1) is 18.7. The molecule has 0 bridgehead atoms. The van der Waals surface area contributed by atoms with Crippen molar-refractivity contribution in [1.29, 1.82) is 0 Å². The zero-order valence-corrected chi connectivity index (χ0v) is 15.7. The van der Waals surface area contributed by atoms with E-state index in [1.165, 1.54) is 24.4 Å². The van der Waals surface area contributed by atoms with Gasteiger partial charge in [-0.3, -0.25) is 14.2 Å². The number of carbonyl (C=O) groups is 1. The number of benzene rings is 1. The second-order valence-corrected chi connectivity index (χ2v) is 8.29. The third kappa shape index (κ3) is 4.96. The van der Waals surface area contributed by atoms with Crippen molar-refractivity contribution in [3.8, 4) is 0 Å². The summed E-state index contributed by atoms with van der Waals surface area (Å²) in [7, 11) is -3.45. The quantitative estimate of drug-likeness (QED) is 0.805. The maximum atomic E-state index is 12.4. The molecule has 0 saturated carbocycles. The highest BCUT2D eigenvalue weighted by Crippen LogP contribution is 2.24. The lowest BCUT2D eigenvalue weighted by Gasteiger charge is -2.22. The summed E-state index contributed by atoms with van der Waals surface area (Å²) in [5.41, 5.74) is 1.06. The van der Waals surface area contributed by atoms with E-state index in [2.05, 4.69) is 15.1 Å². The molecule has 1 saturated heterocycles. The van der Waals surface area contributed by atoms with Crippen molar-refractivity contribution in [2.75, 3.05) is 29.5 Å². The zero-order valence-electron chi connectivity index (χ0n) is 14.1. The molecule has 1 amide bonds. The highest BCUT2D eigenvalue weighted by Gasteiger charge is 2.18. The fraction of sp³-hybridized carbons (Fsp3) is 0.375. The van der Waals surface area contributed by atoms with Gasteiger partial charge in [-0.05, 0) is 31.0 Å². The molecular formula is C16H19ClN4O4S. The van der Waals surface area contributed by atoms with Crippen LogP contribution >= 0.6 is 11.6 Å². The van der Waals surface area contributed by atoms with E-state index in [1.54, 1.807) is 10.9 Å². The third-order valence-corrected chi connectivity index (χ3v) is 4.71. The first-order chi connectivity index (χ1) is 12.3. The van der Waals surface area contributed by atoms with Crippen LogP contribution in [0.2, 0.25) is 5.02 Å². The minimum absolute atomic E-state index is 0.224. The van der Waals surface area contributed by atoms with Crippen LogP contribution in [0, 0.1) is 0 Å². The monoisotopic (exact) mass is 398 g/mol. The summed E-state index contributed by atoms with van der Waals surface area (Å²) in [6.07, 6.45) is 5.96. The molecule has 1 aromatic carbocycles. The van der Waals surface area contributed by atoms with Gasteiger partial charge in [0.2, 0.25) is 10.0 Å². The number of nitrogens with one attached hydrogen (secondary N) is 2. The topological polar surface area (TPSA) is 102 Å². The molecule has 26 heavy (non-hydrogen) atoms. The summed E-state index contributed by atoms with van der Waals surface area (Å²) < 4.78 is 32.2. The highest BCUT2D eigenvalue weighted by molar-refractivity contribution is 7.92. The SMILES string of the molecule is CS(=O)(=O)Nc1cc(Cl)cc(NC(=O)c2cnn(C3CCOCC3)c2)c1. The number of halogens is 1. The van der Waals surface area contributed by atoms with E-state index < -0.39 is 10.0 Å². The van der Waals surface area contributed by atoms with Crippen molar-refractivity contribution in [3.63, 3.8) is 0 Å². The van der Waals surface area contributed by atoms with Crippen molar-refractivity contribution >= 4 is 38.9 Å². The average molecular weight is 399 g/mol. The van der Waals surface area contributed by atoms with Crippen LogP contribution in [0.1, 0.15) is 29.2 Å². The summed E-state index contributed by atoms with van der Waals surface area (Å²) in [5.74, 6) is -0.351. The van der Waals surface area contributed by atoms with Crippen molar-refractivity contribution < 1.29 is 17.9 Å². The van der Waals surface area contributed by atoms with Gasteiger partial charge in [0, 0.05) is 30.1 Å². The number of ether oxygens (including phenoxy) is 1. The van der Waals surface area contributed by atoms with E-state index in [4.69, 9.17) is 16.3 Å². The molecule has 2 heterocycles. The van der Waals surface area contributed by atoms with Crippen LogP contribution in [0.5, 0.6) is 0 Å². The van der Waals surface area contributed by atoms with Gasteiger partial charge in [0.05, 0.1) is 29.7 Å². The molecule has 1 aromatic heterocycles. The number of hydrogen-bond donors (Lipinski definition) is 2. The third-order valence-electron chi connectivity index (χ3n) is 3.89. The van der Waals surface area contributed by atoms with Crippen molar-refractivity contribution in [2.45, 2.75) is 18.9 Å². The van der Waals surface area contributed by atoms with E-state index in [-0.39, 0.29) is 17.6 Å². The average Bonchev–Trinajstić information content (AvgIpc) is 3.03. The molecule has 0 spiro atoms. The molecule has 0 aliphatic carbocycles. The van der Waals surface area contributed by atoms with Gasteiger partial charge in [-0.15, -0.1) is 0 Å². The van der Waals surface area contributed by atoms with Gasteiger partial charge >= 0.3 is 0 Å². The Morgan fingerprint density at radius 1 is 1.27 bits per heavy atom. The van der Waals surface area contributed by atoms with E-state index in [9.17, 15) is 13.2 Å². The summed E-state index contributed by atoms with van der Waals surface area (Å²) in [6.45, 7) is 1.37. The second-order valence-electron chi connectivity index (χ2n) is 6.11. The molecule has 0 radical (unpaired) electrons. The molecular weight excluding hydrogens is 380 g/mol. The Bertz CT molecular complexity index is 907. The number of anilines is 2. The maximum Gasteiger partial charge on any atom is 0.258 e. The zero-order chi connectivity index (χ0) is 18.7. The summed E-state index contributed by atoms with van der Waals surface area (Å²) in [4.78, 5) is 12.4. The maximum absolute atomic E-state index is 12.4. The van der Waals surface area contributed by atoms with Crippen LogP contribution in [0.4, 0.5) is 11.4 Å². The van der Waals surface area contributed by atoms with Gasteiger partial charge in [-0.25, -0.2) is 8.42 Å². The number of carbonyl (C=O) groups excluding carboxylic acids is 1. The number of nitrogens with zero attached hydrogens (tertiary/aromatic N) is 2. The number of sulfonamides is 1. The highest BCUT2D eigenvalue weighted by atomic mass is 35.5. The number of aromatic nitrogens is 2. The van der Waals surface area contributed by atoms with Crippen LogP contribution in [0.25, 0.3) is 0 Å². The van der Waals surface area contributed by atoms with Crippen LogP contribution in [0.3, 0.4) is 0 Å². The molecule has 0 unspecified atom stereocenters. The second kappa shape index (κ2) is 7.65. The van der Waals surface area contributed by atoms with Gasteiger partial charge in [-0.2, -0.15) is 5.10 Å². The summed E-state index contributed by atoms with van der Waals surface area (Å²) in [5, 5.41) is 7.27. The fourth-order valence-electron chi connectivity index (χ4n) is 2.74. The smallest absolute Gasteiger partial charge is 0.258 e. The molecule has 8 nitrogen and oxygen atoms in total. The largest absolute Gasteiger partial charge is 0.381 e. The lowest BCUT2D eigenvalue weighted by molar-refractivity contribution is 0.0662. The Hall–Kier alpha value is -2.10. The molecule has 3 rings (SSSR count). The molecule has 1 fully saturated rings. The lowest BCUT2D eigenvalue weighted by Crippen LogP contribution is -2.20. The van der Waals surface area contributed by atoms with Gasteiger partial charge in [-0.1, -0.05) is 11.6 Å². The van der Waals surface area contributed by atoms with Gasteiger partial charge in [0.25, 0.3) is 5.91 Å². The van der Waals surface area contributed by atoms with E-state index in [0.717, 1.165) is 19.1 Å². The van der Waals surface area contributed by atoms with E-state index >= 15 is 0 Å². The normalized spacial score (nSPS) is 15.6. The molecule has 0 atom stereocenters. The first-order valence-corrected chi connectivity index (χ1v) is 10.3. The van der Waals surface area contributed by atoms with E-state index in [1.807, 2.05) is 0 Å². The van der Waals surface area contributed by atoms with Crippen LogP contribution in [-0.2, 0) is 14.8 Å². The minimum Gasteiger partial charge on any atom is -0.381 e. The van der Waals surface area contributed by atoms with Gasteiger partial charge in [0.15, 0.2) is 0 Å². The van der Waals surface area contributed by atoms with Gasteiger partial charge < -0.3 is 10.1 Å². The van der Waals surface area contributed by atoms with Gasteiger partial charge in [0.1, 0.15) is 0 Å². The van der Waals surface area contributed by atoms with E-state index in [0.29, 0.717) is 29.5 Å². The summed E-state index contributed by atoms with van der Waals surface area (Å²) in [6, 6.07) is 4.72. The molecule has 1 aliphatic heterocycles. The number of rotatable bonds is 5. The minimum atomic E-state index is -3.45. The molecule has 2 aromatic rings. The van der Waals surface area contributed by atoms with Crippen molar-refractivity contribution in [2.24, 2.45) is 0 Å². The van der Waals surface area contributed by atoms with Crippen LogP contribution in [0.15, 0.2) is 30.6 Å². The van der Waals surface area contributed by atoms with Crippen molar-refractivity contribution in [3.05, 3.63) is 41.2 Å². The number of hydrogen-bond acceptors (Lipinski definition) is 5. The Morgan fingerprint density at radius 2 is 1.96 bits per heavy atom. The Kier molecular flexibility index (Phi) is 5.49. The fourth-order valence-corrected chi connectivity index (χ4v) is 3.52. The lowest BCUT2D eigenvalue weighted by atomic mass is 10.1. The number of amides is 1. The predicted octanol–water partition coefficient (Wildman–Crippen LogP) is 2.51. The predicted molar refractivity (Wildman–Crippen MR) is 99.2 cm³/mol. The standard InChI is InChI=1S/C16H19ClN4O4S/c1-26(23,24)20-14-7-12(17)6-13(8-14)19-16(22)11-9-18-21(10-11)15-2-4-25-5-3-15/h6-10,15,20H,2-5H2,1H3,(H,19,22). The van der Waals surface area contributed by atoms with Crippen molar-refractivity contribution in [1.82, 2.24) is 9.78 Å².